The monoisotopic (exact) mass is 251 g/mol. The second-order valence-electron chi connectivity index (χ2n) is 5.38. The summed E-state index contributed by atoms with van der Waals surface area (Å²) in [7, 11) is 0. The van der Waals surface area contributed by atoms with Crippen LogP contribution >= 0.6 is 0 Å². The van der Waals surface area contributed by atoms with Crippen LogP contribution in [0.25, 0.3) is 0 Å². The molecule has 0 aromatic rings. The zero-order valence-electron chi connectivity index (χ0n) is 10.8. The van der Waals surface area contributed by atoms with E-state index < -0.39 is 11.9 Å². The van der Waals surface area contributed by atoms with E-state index in [1.165, 1.54) is 0 Å². The van der Waals surface area contributed by atoms with E-state index in [0.717, 1.165) is 19.3 Å². The first-order chi connectivity index (χ1) is 8.59. The Kier molecular flexibility index (Phi) is 4.04. The van der Waals surface area contributed by atoms with Gasteiger partial charge in [0.25, 0.3) is 0 Å². The van der Waals surface area contributed by atoms with Crippen LogP contribution in [0.3, 0.4) is 0 Å². The van der Waals surface area contributed by atoms with Crippen LogP contribution in [-0.4, -0.2) is 34.5 Å². The quantitative estimate of drug-likeness (QED) is 0.781. The number of likely N-dealkylation sites (tertiary alicyclic amines) is 1. The number of piperidine rings is 1. The van der Waals surface area contributed by atoms with Gasteiger partial charge in [-0.2, -0.15) is 0 Å². The van der Waals surface area contributed by atoms with Gasteiger partial charge in [-0.3, -0.25) is 9.59 Å². The SMILES string of the molecule is C[C@@H]1[C@H](C(=O)O)CCCN1C(=O)CC1C=CCC1. The Hall–Kier alpha value is -1.32. The Bertz CT molecular complexity index is 364. The third-order valence-corrected chi connectivity index (χ3v) is 4.17. The van der Waals surface area contributed by atoms with Crippen molar-refractivity contribution in [3.05, 3.63) is 12.2 Å². The van der Waals surface area contributed by atoms with Gasteiger partial charge in [0.2, 0.25) is 5.91 Å². The summed E-state index contributed by atoms with van der Waals surface area (Å²) in [5.41, 5.74) is 0. The van der Waals surface area contributed by atoms with Gasteiger partial charge in [-0.25, -0.2) is 0 Å². The van der Waals surface area contributed by atoms with Gasteiger partial charge in [-0.1, -0.05) is 12.2 Å². The topological polar surface area (TPSA) is 57.6 Å². The minimum Gasteiger partial charge on any atom is -0.481 e. The van der Waals surface area contributed by atoms with Crippen LogP contribution in [0, 0.1) is 11.8 Å². The number of hydrogen-bond donors (Lipinski definition) is 1. The molecule has 4 nitrogen and oxygen atoms in total. The first-order valence-electron chi connectivity index (χ1n) is 6.78. The van der Waals surface area contributed by atoms with Crippen molar-refractivity contribution < 1.29 is 14.7 Å². The van der Waals surface area contributed by atoms with E-state index in [1.54, 1.807) is 4.90 Å². The molecule has 1 fully saturated rings. The van der Waals surface area contributed by atoms with E-state index in [2.05, 4.69) is 12.2 Å². The summed E-state index contributed by atoms with van der Waals surface area (Å²) in [6, 6.07) is -0.172. The normalized spacial score (nSPS) is 31.6. The summed E-state index contributed by atoms with van der Waals surface area (Å²) in [5.74, 6) is -0.706. The lowest BCUT2D eigenvalue weighted by atomic mass is 9.89. The Morgan fingerprint density at radius 3 is 2.78 bits per heavy atom. The third kappa shape index (κ3) is 2.74. The number of carbonyl (C=O) groups excluding carboxylic acids is 1. The lowest BCUT2D eigenvalue weighted by molar-refractivity contribution is -0.149. The summed E-state index contributed by atoms with van der Waals surface area (Å²) in [5, 5.41) is 9.14. The number of aliphatic carboxylic acids is 1. The molecule has 2 rings (SSSR count). The van der Waals surface area contributed by atoms with Crippen LogP contribution < -0.4 is 0 Å². The second kappa shape index (κ2) is 5.55. The van der Waals surface area contributed by atoms with E-state index in [1.807, 2.05) is 6.92 Å². The minimum absolute atomic E-state index is 0.116. The number of carboxylic acid groups (broad SMARTS) is 1. The largest absolute Gasteiger partial charge is 0.481 e. The molecule has 0 saturated carbocycles. The molecule has 1 amide bonds. The molecule has 0 radical (unpaired) electrons. The molecule has 1 saturated heterocycles. The predicted octanol–water partition coefficient (Wildman–Crippen LogP) is 2.05. The smallest absolute Gasteiger partial charge is 0.308 e. The number of allylic oxidation sites excluding steroid dienone is 2. The molecule has 2 aliphatic rings. The minimum atomic E-state index is -0.777. The molecule has 4 heteroatoms. The molecule has 100 valence electrons. The second-order valence-corrected chi connectivity index (χ2v) is 5.38. The number of amides is 1. The first kappa shape index (κ1) is 13.1. The highest BCUT2D eigenvalue weighted by atomic mass is 16.4. The maximum atomic E-state index is 12.2. The van der Waals surface area contributed by atoms with Crippen molar-refractivity contribution in [2.75, 3.05) is 6.54 Å². The van der Waals surface area contributed by atoms with Crippen LogP contribution in [-0.2, 0) is 9.59 Å². The third-order valence-electron chi connectivity index (χ3n) is 4.17. The Balaban J connectivity index is 1.96. The molecular formula is C14H21NO3. The summed E-state index contributed by atoms with van der Waals surface area (Å²) in [6.45, 7) is 2.57. The maximum absolute atomic E-state index is 12.2. The summed E-state index contributed by atoms with van der Waals surface area (Å²) < 4.78 is 0. The summed E-state index contributed by atoms with van der Waals surface area (Å²) in [4.78, 5) is 25.1. The Labute approximate surface area is 108 Å². The standard InChI is InChI=1S/C14H21NO3/c1-10-12(14(17)18)7-4-8-15(10)13(16)9-11-5-2-3-6-11/h2,5,10-12H,3-4,6-9H2,1H3,(H,17,18)/t10-,11?,12-/m1/s1. The molecule has 18 heavy (non-hydrogen) atoms. The van der Waals surface area contributed by atoms with Crippen molar-refractivity contribution >= 4 is 11.9 Å². The average Bonchev–Trinajstić information content (AvgIpc) is 2.81. The molecule has 0 bridgehead atoms. The van der Waals surface area contributed by atoms with Gasteiger partial charge < -0.3 is 10.0 Å². The molecule has 0 spiro atoms. The Morgan fingerprint density at radius 1 is 1.39 bits per heavy atom. The number of hydrogen-bond acceptors (Lipinski definition) is 2. The van der Waals surface area contributed by atoms with Crippen LogP contribution in [0.15, 0.2) is 12.2 Å². The fraction of sp³-hybridized carbons (Fsp3) is 0.714. The van der Waals surface area contributed by atoms with Gasteiger partial charge in [0, 0.05) is 19.0 Å². The van der Waals surface area contributed by atoms with Crippen molar-refractivity contribution in [1.82, 2.24) is 4.90 Å². The highest BCUT2D eigenvalue weighted by molar-refractivity contribution is 5.79. The van der Waals surface area contributed by atoms with Gasteiger partial charge in [0.05, 0.1) is 5.92 Å². The summed E-state index contributed by atoms with van der Waals surface area (Å²) in [6.07, 6.45) is 8.37. The molecule has 0 aromatic carbocycles. The molecule has 1 aliphatic heterocycles. The molecule has 1 heterocycles. The van der Waals surface area contributed by atoms with E-state index in [0.29, 0.717) is 25.3 Å². The molecule has 3 atom stereocenters. The number of rotatable bonds is 3. The fourth-order valence-electron chi connectivity index (χ4n) is 3.03. The zero-order chi connectivity index (χ0) is 13.1. The van der Waals surface area contributed by atoms with E-state index in [-0.39, 0.29) is 11.9 Å². The number of carbonyl (C=O) groups is 2. The van der Waals surface area contributed by atoms with E-state index in [9.17, 15) is 9.59 Å². The highest BCUT2D eigenvalue weighted by Crippen LogP contribution is 2.27. The van der Waals surface area contributed by atoms with Crippen LogP contribution in [0.1, 0.15) is 39.0 Å². The Morgan fingerprint density at radius 2 is 2.17 bits per heavy atom. The van der Waals surface area contributed by atoms with Gasteiger partial charge in [-0.15, -0.1) is 0 Å². The zero-order valence-corrected chi connectivity index (χ0v) is 10.8. The van der Waals surface area contributed by atoms with Crippen molar-refractivity contribution in [2.45, 2.75) is 45.1 Å². The van der Waals surface area contributed by atoms with Gasteiger partial charge >= 0.3 is 5.97 Å². The van der Waals surface area contributed by atoms with Crippen molar-refractivity contribution in [3.8, 4) is 0 Å². The first-order valence-corrected chi connectivity index (χ1v) is 6.78. The van der Waals surface area contributed by atoms with E-state index >= 15 is 0 Å². The molecule has 1 aliphatic carbocycles. The lowest BCUT2D eigenvalue weighted by Crippen LogP contribution is -2.49. The number of carboxylic acids is 1. The highest BCUT2D eigenvalue weighted by Gasteiger charge is 2.35. The van der Waals surface area contributed by atoms with Gasteiger partial charge in [0.15, 0.2) is 0 Å². The van der Waals surface area contributed by atoms with Gasteiger partial charge in [0.1, 0.15) is 0 Å². The molecule has 1 unspecified atom stereocenters. The average molecular weight is 251 g/mol. The number of nitrogens with zero attached hydrogens (tertiary/aromatic N) is 1. The van der Waals surface area contributed by atoms with Crippen LogP contribution in [0.2, 0.25) is 0 Å². The summed E-state index contributed by atoms with van der Waals surface area (Å²) >= 11 is 0. The fourth-order valence-corrected chi connectivity index (χ4v) is 3.03. The van der Waals surface area contributed by atoms with Crippen molar-refractivity contribution in [1.29, 1.82) is 0 Å². The van der Waals surface area contributed by atoms with Crippen LogP contribution in [0.4, 0.5) is 0 Å². The lowest BCUT2D eigenvalue weighted by Gasteiger charge is -2.38. The maximum Gasteiger partial charge on any atom is 0.308 e. The van der Waals surface area contributed by atoms with Gasteiger partial charge in [-0.05, 0) is 38.5 Å². The van der Waals surface area contributed by atoms with Crippen molar-refractivity contribution in [3.63, 3.8) is 0 Å². The molecular weight excluding hydrogens is 230 g/mol. The van der Waals surface area contributed by atoms with Crippen molar-refractivity contribution in [2.24, 2.45) is 11.8 Å². The van der Waals surface area contributed by atoms with Crippen LogP contribution in [0.5, 0.6) is 0 Å². The van der Waals surface area contributed by atoms with E-state index in [4.69, 9.17) is 5.11 Å². The predicted molar refractivity (Wildman–Crippen MR) is 68.0 cm³/mol. The molecule has 1 N–H and O–H groups in total. The molecule has 0 aromatic heterocycles.